The summed E-state index contributed by atoms with van der Waals surface area (Å²) in [5, 5.41) is 12.4. The van der Waals surface area contributed by atoms with Gasteiger partial charge in [-0.05, 0) is 132 Å². The van der Waals surface area contributed by atoms with Gasteiger partial charge in [-0.1, -0.05) is 47.5 Å². The molecule has 10 rings (SSSR count). The Labute approximate surface area is 354 Å². The average Bonchev–Trinajstić information content (AvgIpc) is 3.80. The molecule has 5 aromatic rings. The third kappa shape index (κ3) is 7.29. The number of amides is 3. The number of allylic oxidation sites excluding steroid dienone is 1. The molecule has 4 aliphatic heterocycles. The van der Waals surface area contributed by atoms with Crippen LogP contribution in [0.25, 0.3) is 22.0 Å². The summed E-state index contributed by atoms with van der Waals surface area (Å²) in [7, 11) is 0. The quantitative estimate of drug-likeness (QED) is 0.161. The summed E-state index contributed by atoms with van der Waals surface area (Å²) in [5.74, 6) is -0.103. The molecule has 302 valence electrons. The number of fused-ring (bicyclic) bond motifs is 4. The van der Waals surface area contributed by atoms with Gasteiger partial charge < -0.3 is 14.7 Å². The lowest BCUT2D eigenvalue weighted by Crippen LogP contribution is -2.52. The van der Waals surface area contributed by atoms with Gasteiger partial charge in [0.1, 0.15) is 6.04 Å². The molecule has 1 aliphatic carbocycles. The van der Waals surface area contributed by atoms with E-state index in [1.54, 1.807) is 4.90 Å². The van der Waals surface area contributed by atoms with Gasteiger partial charge in [0, 0.05) is 91.1 Å². The Morgan fingerprint density at radius 1 is 0.729 bits per heavy atom. The van der Waals surface area contributed by atoms with Gasteiger partial charge in [-0.15, -0.1) is 0 Å². The lowest BCUT2D eigenvalue weighted by atomic mass is 9.87. The number of H-pyrrole nitrogens is 1. The molecule has 5 heterocycles. The van der Waals surface area contributed by atoms with Crippen molar-refractivity contribution in [3.8, 4) is 0 Å². The minimum absolute atomic E-state index is 0.126. The number of benzene rings is 4. The zero-order valence-electron chi connectivity index (χ0n) is 33.0. The molecule has 59 heavy (non-hydrogen) atoms. The van der Waals surface area contributed by atoms with Crippen LogP contribution in [-0.4, -0.2) is 89.6 Å². The second-order valence-electron chi connectivity index (χ2n) is 16.8. The molecule has 5 aliphatic rings. The summed E-state index contributed by atoms with van der Waals surface area (Å²) in [6, 6.07) is 24.9. The Hall–Kier alpha value is -5.16. The van der Waals surface area contributed by atoms with Crippen LogP contribution in [0.15, 0.2) is 79.0 Å². The second-order valence-corrected chi connectivity index (χ2v) is 17.6. The monoisotopic (exact) mass is 827 g/mol. The van der Waals surface area contributed by atoms with Gasteiger partial charge in [-0.3, -0.25) is 29.7 Å². The number of hydrogen-bond donors (Lipinski definition) is 2. The minimum Gasteiger partial charge on any atom is -0.372 e. The summed E-state index contributed by atoms with van der Waals surface area (Å²) < 4.78 is 0. The molecule has 3 saturated heterocycles. The van der Waals surface area contributed by atoms with Crippen LogP contribution in [0.3, 0.4) is 0 Å². The number of aryl methyl sites for hydroxylation is 1. The molecule has 0 bridgehead atoms. The number of piperidine rings is 2. The molecule has 4 aromatic carbocycles. The molecule has 10 nitrogen and oxygen atoms in total. The number of halogens is 2. The van der Waals surface area contributed by atoms with Crippen molar-refractivity contribution in [1.29, 1.82) is 0 Å². The SMILES string of the molecule is O=C1CC[C@H](N2Cc3cc(N4CCN(CC5CCN(c6ccc(C7=C(c8ccc(Cl)cc8Cl)CCCc8c7ccc7[nH]ncc87)cc6)CC5)CC4)ccc3C2=O)C(=O)N1. The molecular weight excluding hydrogens is 781 g/mol. The van der Waals surface area contributed by atoms with Crippen LogP contribution in [0.5, 0.6) is 0 Å². The third-order valence-corrected chi connectivity index (χ3v) is 13.9. The number of nitrogens with zero attached hydrogens (tertiary/aromatic N) is 5. The lowest BCUT2D eigenvalue weighted by molar-refractivity contribution is -0.136. The predicted octanol–water partition coefficient (Wildman–Crippen LogP) is 7.96. The van der Waals surface area contributed by atoms with Crippen molar-refractivity contribution >= 4 is 74.3 Å². The van der Waals surface area contributed by atoms with Crippen molar-refractivity contribution in [2.75, 3.05) is 55.6 Å². The Balaban J connectivity index is 0.773. The summed E-state index contributed by atoms with van der Waals surface area (Å²) in [6.07, 6.45) is 7.84. The first kappa shape index (κ1) is 38.1. The van der Waals surface area contributed by atoms with Crippen molar-refractivity contribution in [2.24, 2.45) is 5.92 Å². The average molecular weight is 829 g/mol. The number of hydrogen-bond acceptors (Lipinski definition) is 7. The molecule has 0 unspecified atom stereocenters. The number of anilines is 2. The van der Waals surface area contributed by atoms with Crippen molar-refractivity contribution < 1.29 is 14.4 Å². The molecule has 2 N–H and O–H groups in total. The highest BCUT2D eigenvalue weighted by Gasteiger charge is 2.39. The number of aromatic nitrogens is 2. The summed E-state index contributed by atoms with van der Waals surface area (Å²) >= 11 is 13.2. The lowest BCUT2D eigenvalue weighted by Gasteiger charge is -2.40. The number of piperazine rings is 1. The van der Waals surface area contributed by atoms with Crippen LogP contribution in [0.1, 0.15) is 76.7 Å². The normalized spacial score (nSPS) is 20.6. The molecule has 0 spiro atoms. The molecule has 0 saturated carbocycles. The van der Waals surface area contributed by atoms with E-state index in [1.165, 1.54) is 51.8 Å². The van der Waals surface area contributed by atoms with Gasteiger partial charge >= 0.3 is 0 Å². The van der Waals surface area contributed by atoms with Crippen LogP contribution < -0.4 is 15.1 Å². The fourth-order valence-corrected chi connectivity index (χ4v) is 10.7. The van der Waals surface area contributed by atoms with E-state index in [9.17, 15) is 14.4 Å². The van der Waals surface area contributed by atoms with E-state index >= 15 is 0 Å². The summed E-state index contributed by atoms with van der Waals surface area (Å²) in [6.45, 7) is 7.51. The largest absolute Gasteiger partial charge is 0.372 e. The smallest absolute Gasteiger partial charge is 0.255 e. The first-order chi connectivity index (χ1) is 28.8. The maximum absolute atomic E-state index is 13.2. The number of imide groups is 1. The van der Waals surface area contributed by atoms with E-state index < -0.39 is 6.04 Å². The van der Waals surface area contributed by atoms with Crippen molar-refractivity contribution in [1.82, 2.24) is 25.3 Å². The number of aromatic amines is 1. The highest BCUT2D eigenvalue weighted by Crippen LogP contribution is 2.44. The van der Waals surface area contributed by atoms with Crippen LogP contribution in [0.4, 0.5) is 11.4 Å². The van der Waals surface area contributed by atoms with Crippen LogP contribution >= 0.6 is 23.2 Å². The van der Waals surface area contributed by atoms with E-state index in [4.69, 9.17) is 23.2 Å². The standard InChI is InChI=1S/C47H47Cl2N7O3/c48-32-6-10-37(41(49)25-32)38-3-1-2-36-39(12-13-42-40(36)26-50-52-42)45(38)30-4-7-33(8-5-30)54-18-16-29(17-19-54)27-53-20-22-55(23-21-53)34-9-11-35-31(24-34)28-56(47(35)59)43-14-15-44(57)51-46(43)58/h4-13,24-26,29,43H,1-3,14-23,27-28H2,(H,50,52)(H,51,57,58)/t43-/m0/s1. The van der Waals surface area contributed by atoms with Crippen molar-refractivity contribution in [2.45, 2.75) is 57.5 Å². The Bertz CT molecular complexity index is 2500. The number of nitrogens with one attached hydrogen (secondary N) is 2. The molecule has 3 fully saturated rings. The van der Waals surface area contributed by atoms with Gasteiger partial charge in [0.05, 0.1) is 11.7 Å². The third-order valence-electron chi connectivity index (χ3n) is 13.3. The first-order valence-electron chi connectivity index (χ1n) is 21.0. The number of carbonyl (C=O) groups is 3. The van der Waals surface area contributed by atoms with E-state index in [-0.39, 0.29) is 24.1 Å². The second kappa shape index (κ2) is 15.8. The number of carbonyl (C=O) groups excluding carboxylic acids is 3. The Morgan fingerprint density at radius 2 is 1.47 bits per heavy atom. The fourth-order valence-electron chi connectivity index (χ4n) is 10.2. The van der Waals surface area contributed by atoms with Crippen molar-refractivity contribution in [3.05, 3.63) is 122 Å². The Morgan fingerprint density at radius 3 is 2.25 bits per heavy atom. The van der Waals surface area contributed by atoms with E-state index in [0.29, 0.717) is 34.5 Å². The Kier molecular flexibility index (Phi) is 10.2. The maximum atomic E-state index is 13.2. The highest BCUT2D eigenvalue weighted by molar-refractivity contribution is 6.36. The zero-order valence-corrected chi connectivity index (χ0v) is 34.5. The van der Waals surface area contributed by atoms with Crippen LogP contribution in [0, 0.1) is 5.92 Å². The predicted molar refractivity (Wildman–Crippen MR) is 234 cm³/mol. The minimum atomic E-state index is -0.593. The van der Waals surface area contributed by atoms with Crippen LogP contribution in [-0.2, 0) is 22.6 Å². The van der Waals surface area contributed by atoms with E-state index in [0.717, 1.165) is 87.4 Å². The molecule has 0 radical (unpaired) electrons. The topological polar surface area (TPSA) is 105 Å². The van der Waals surface area contributed by atoms with E-state index in [2.05, 4.69) is 78.7 Å². The van der Waals surface area contributed by atoms with E-state index in [1.807, 2.05) is 30.5 Å². The zero-order chi connectivity index (χ0) is 40.2. The summed E-state index contributed by atoms with van der Waals surface area (Å²) in [4.78, 5) is 46.5. The molecule has 3 amide bonds. The fraction of sp³-hybridized carbons (Fsp3) is 0.362. The molecular formula is C47H47Cl2N7O3. The van der Waals surface area contributed by atoms with Gasteiger partial charge in [0.25, 0.3) is 5.91 Å². The maximum Gasteiger partial charge on any atom is 0.255 e. The molecule has 1 atom stereocenters. The number of rotatable bonds is 7. The van der Waals surface area contributed by atoms with Gasteiger partial charge in [0.2, 0.25) is 11.8 Å². The van der Waals surface area contributed by atoms with Crippen LogP contribution in [0.2, 0.25) is 10.0 Å². The first-order valence-corrected chi connectivity index (χ1v) is 21.8. The van der Waals surface area contributed by atoms with Gasteiger partial charge in [0.15, 0.2) is 0 Å². The van der Waals surface area contributed by atoms with Crippen molar-refractivity contribution in [3.63, 3.8) is 0 Å². The van der Waals surface area contributed by atoms with Gasteiger partial charge in [-0.25, -0.2) is 0 Å². The van der Waals surface area contributed by atoms with Gasteiger partial charge in [-0.2, -0.15) is 5.10 Å². The highest BCUT2D eigenvalue weighted by atomic mass is 35.5. The molecule has 12 heteroatoms. The molecule has 1 aromatic heterocycles. The summed E-state index contributed by atoms with van der Waals surface area (Å²) in [5.41, 5.74) is 12.4.